The first-order chi connectivity index (χ1) is 33.6. The fourth-order valence-corrected chi connectivity index (χ4v) is 9.62. The van der Waals surface area contributed by atoms with Crippen molar-refractivity contribution in [3.8, 4) is 11.5 Å². The van der Waals surface area contributed by atoms with Gasteiger partial charge in [-0.05, 0) is 192 Å². The van der Waals surface area contributed by atoms with Crippen LogP contribution in [0.5, 0.6) is 11.5 Å². The van der Waals surface area contributed by atoms with Crippen molar-refractivity contribution in [2.75, 3.05) is 19.7 Å². The molecule has 2 aliphatic rings. The van der Waals surface area contributed by atoms with Gasteiger partial charge in [-0.3, -0.25) is 9.59 Å². The monoisotopic (exact) mass is 995 g/mol. The number of amides is 2. The number of esters is 1. The van der Waals surface area contributed by atoms with Crippen LogP contribution in [0.3, 0.4) is 0 Å². The Morgan fingerprint density at radius 3 is 1.22 bits per heavy atom. The third-order valence-corrected chi connectivity index (χ3v) is 13.7. The summed E-state index contributed by atoms with van der Waals surface area (Å²) in [5, 5.41) is 13.4. The van der Waals surface area contributed by atoms with Crippen molar-refractivity contribution in [1.29, 1.82) is 0 Å². The average molecular weight is 995 g/mol. The zero-order valence-electron chi connectivity index (χ0n) is 45.9. The van der Waals surface area contributed by atoms with Gasteiger partial charge in [0.2, 0.25) is 0 Å². The quantitative estimate of drug-likeness (QED) is 0.0904. The number of hydrogen-bond acceptors (Lipinski definition) is 9. The van der Waals surface area contributed by atoms with Crippen molar-refractivity contribution < 1.29 is 48.0 Å². The van der Waals surface area contributed by atoms with Gasteiger partial charge in [-0.2, -0.15) is 0 Å². The number of carbonyl (C=O) groups is 4. The van der Waals surface area contributed by atoms with E-state index in [1.165, 1.54) is 30.6 Å². The second-order valence-corrected chi connectivity index (χ2v) is 24.1. The predicted molar refractivity (Wildman–Crippen MR) is 286 cm³/mol. The summed E-state index contributed by atoms with van der Waals surface area (Å²) in [6, 6.07) is 24.5. The van der Waals surface area contributed by atoms with Gasteiger partial charge in [0.1, 0.15) is 22.7 Å². The van der Waals surface area contributed by atoms with Crippen molar-refractivity contribution in [2.24, 2.45) is 22.7 Å². The lowest BCUT2D eigenvalue weighted by molar-refractivity contribution is -0.143. The van der Waals surface area contributed by atoms with E-state index in [1.54, 1.807) is 32.6 Å². The minimum atomic E-state index is -0.948. The first kappa shape index (κ1) is 57.4. The van der Waals surface area contributed by atoms with Crippen molar-refractivity contribution in [3.05, 3.63) is 83.9 Å². The van der Waals surface area contributed by atoms with Gasteiger partial charge < -0.3 is 38.6 Å². The van der Waals surface area contributed by atoms with E-state index < -0.39 is 29.4 Å². The van der Waals surface area contributed by atoms with E-state index in [9.17, 15) is 19.2 Å². The molecule has 4 aromatic carbocycles. The molecule has 0 saturated heterocycles. The summed E-state index contributed by atoms with van der Waals surface area (Å²) in [5.41, 5.74) is 1.34. The van der Waals surface area contributed by atoms with Gasteiger partial charge in [-0.1, -0.05) is 77.9 Å². The Bertz CT molecular complexity index is 2420. The Morgan fingerprint density at radius 2 is 0.875 bits per heavy atom. The van der Waals surface area contributed by atoms with Gasteiger partial charge in [0.15, 0.2) is 0 Å². The molecule has 4 aromatic rings. The normalized spacial score (nSPS) is 18.6. The Balaban J connectivity index is 0.000000268. The van der Waals surface area contributed by atoms with Gasteiger partial charge >= 0.3 is 24.1 Å². The molecular formula is C60H86N2O10. The molecule has 2 fully saturated rings. The van der Waals surface area contributed by atoms with E-state index in [0.717, 1.165) is 81.7 Å². The second kappa shape index (κ2) is 24.9. The van der Waals surface area contributed by atoms with E-state index in [-0.39, 0.29) is 50.7 Å². The number of carboxylic acid groups (broad SMARTS) is 1. The summed E-state index contributed by atoms with van der Waals surface area (Å²) < 4.78 is 28.8. The maximum absolute atomic E-state index is 12.8. The van der Waals surface area contributed by atoms with Crippen LogP contribution in [0.1, 0.15) is 165 Å². The summed E-state index contributed by atoms with van der Waals surface area (Å²) in [4.78, 5) is 51.5. The Morgan fingerprint density at radius 1 is 0.514 bits per heavy atom. The first-order valence-electron chi connectivity index (χ1n) is 26.4. The van der Waals surface area contributed by atoms with Crippen molar-refractivity contribution in [1.82, 2.24) is 9.80 Å². The van der Waals surface area contributed by atoms with Crippen LogP contribution < -0.4 is 9.47 Å². The lowest BCUT2D eigenvalue weighted by Gasteiger charge is -2.37. The maximum atomic E-state index is 12.8. The molecule has 0 bridgehead atoms. The largest absolute Gasteiger partial charge is 0.490 e. The van der Waals surface area contributed by atoms with Crippen LogP contribution >= 0.6 is 0 Å². The van der Waals surface area contributed by atoms with Crippen LogP contribution in [0.15, 0.2) is 72.8 Å². The third kappa shape index (κ3) is 18.8. The molecule has 0 radical (unpaired) electrons. The van der Waals surface area contributed by atoms with E-state index in [1.807, 2.05) is 63.2 Å². The lowest BCUT2D eigenvalue weighted by atomic mass is 9.72. The van der Waals surface area contributed by atoms with Crippen molar-refractivity contribution in [2.45, 2.75) is 191 Å². The summed E-state index contributed by atoms with van der Waals surface area (Å²) in [6.07, 6.45) is 8.82. The highest BCUT2D eigenvalue weighted by molar-refractivity contribution is 5.85. The lowest BCUT2D eigenvalue weighted by Crippen LogP contribution is -2.37. The highest BCUT2D eigenvalue weighted by Gasteiger charge is 2.32. The minimum Gasteiger partial charge on any atom is -0.490 e. The van der Waals surface area contributed by atoms with Crippen LogP contribution in [0.2, 0.25) is 0 Å². The van der Waals surface area contributed by atoms with Crippen LogP contribution in [-0.2, 0) is 36.9 Å². The third-order valence-electron chi connectivity index (χ3n) is 13.7. The minimum absolute atomic E-state index is 0.0898. The molecule has 2 aliphatic carbocycles. The number of hydrogen-bond donors (Lipinski definition) is 1. The fourth-order valence-electron chi connectivity index (χ4n) is 9.62. The standard InChI is InChI=1S/C31H45NO5.C29H41NO5/c1-8-35-28(33)17-18-32(29(34)37-31(5,6)7)21-22-9-10-24-20-27(14-11-23(24)19-22)36-26-15-12-25(13-16-26)30(2,3)4;1-28(2,3)23-10-13-24(14-11-23)34-25-12-9-21-17-20(7-8-22(21)18-25)19-30(16-15-26(31)32)27(33)35-29(4,5)6/h9-11,14,19-20,25-26H,8,12-13,15-18,21H2,1-7H3;7-9,12,17-18,23-24H,10-11,13-16,19H2,1-6H3,(H,31,32). The van der Waals surface area contributed by atoms with Gasteiger partial charge in [0.25, 0.3) is 0 Å². The Kier molecular flexibility index (Phi) is 19.9. The number of ether oxygens (including phenoxy) is 5. The molecule has 72 heavy (non-hydrogen) atoms. The summed E-state index contributed by atoms with van der Waals surface area (Å²) in [7, 11) is 0. The number of nitrogens with zero attached hydrogens (tertiary/aromatic N) is 2. The topological polar surface area (TPSA) is 141 Å². The highest BCUT2D eigenvalue weighted by atomic mass is 16.6. The number of fused-ring (bicyclic) bond motifs is 2. The second-order valence-electron chi connectivity index (χ2n) is 24.1. The molecule has 0 aromatic heterocycles. The SMILES string of the molecule is CC(C)(C)OC(=O)N(CCC(=O)O)Cc1ccc2cc(OC3CCC(C(C)(C)C)CC3)ccc2c1.CCOC(=O)CCN(Cc1ccc2cc(OC3CCC(C(C)(C)C)CC3)ccc2c1)C(=O)OC(C)(C)C. The van der Waals surface area contributed by atoms with E-state index in [4.69, 9.17) is 28.8 Å². The first-order valence-corrected chi connectivity index (χ1v) is 26.4. The van der Waals surface area contributed by atoms with E-state index in [0.29, 0.717) is 24.0 Å². The fraction of sp³-hybridized carbons (Fsp3) is 0.600. The van der Waals surface area contributed by atoms with E-state index in [2.05, 4.69) is 71.9 Å². The van der Waals surface area contributed by atoms with Crippen LogP contribution in [-0.4, -0.2) is 82.1 Å². The molecule has 12 heteroatoms. The Labute approximate surface area is 430 Å². The summed E-state index contributed by atoms with van der Waals surface area (Å²) >= 11 is 0. The van der Waals surface area contributed by atoms with Crippen LogP contribution in [0, 0.1) is 22.7 Å². The van der Waals surface area contributed by atoms with Gasteiger partial charge in [-0.25, -0.2) is 9.59 Å². The smallest absolute Gasteiger partial charge is 0.410 e. The molecule has 12 nitrogen and oxygen atoms in total. The highest BCUT2D eigenvalue weighted by Crippen LogP contribution is 2.40. The van der Waals surface area contributed by atoms with Crippen LogP contribution in [0.25, 0.3) is 21.5 Å². The molecule has 2 amide bonds. The molecule has 396 valence electrons. The molecule has 0 heterocycles. The molecule has 2 saturated carbocycles. The Hall–Kier alpha value is -5.52. The van der Waals surface area contributed by atoms with Gasteiger partial charge in [0, 0.05) is 26.2 Å². The number of rotatable bonds is 15. The van der Waals surface area contributed by atoms with Crippen molar-refractivity contribution >= 4 is 45.7 Å². The summed E-state index contributed by atoms with van der Waals surface area (Å²) in [5.74, 6) is 2.05. The van der Waals surface area contributed by atoms with E-state index >= 15 is 0 Å². The number of benzene rings is 4. The zero-order valence-corrected chi connectivity index (χ0v) is 45.9. The van der Waals surface area contributed by atoms with Gasteiger partial charge in [-0.15, -0.1) is 0 Å². The zero-order chi connectivity index (χ0) is 53.0. The van der Waals surface area contributed by atoms with Crippen LogP contribution in [0.4, 0.5) is 9.59 Å². The molecule has 0 aliphatic heterocycles. The van der Waals surface area contributed by atoms with Crippen molar-refractivity contribution in [3.63, 3.8) is 0 Å². The number of aliphatic carboxylic acids is 1. The molecular weight excluding hydrogens is 909 g/mol. The molecule has 0 spiro atoms. The summed E-state index contributed by atoms with van der Waals surface area (Å²) in [6.45, 7) is 27.9. The van der Waals surface area contributed by atoms with Gasteiger partial charge in [0.05, 0.1) is 31.7 Å². The molecule has 0 unspecified atom stereocenters. The average Bonchev–Trinajstić information content (AvgIpc) is 3.28. The molecule has 0 atom stereocenters. The maximum Gasteiger partial charge on any atom is 0.410 e. The number of carbonyl (C=O) groups excluding carboxylic acids is 3. The number of carboxylic acids is 1. The molecule has 1 N–H and O–H groups in total. The predicted octanol–water partition coefficient (Wildman–Crippen LogP) is 14.5. The molecule has 6 rings (SSSR count).